The van der Waals surface area contributed by atoms with Crippen LogP contribution in [0.2, 0.25) is 0 Å². The minimum absolute atomic E-state index is 0.0921. The van der Waals surface area contributed by atoms with Crippen molar-refractivity contribution in [2.75, 3.05) is 0 Å². The maximum Gasteiger partial charge on any atom is 0.372 e. The van der Waals surface area contributed by atoms with E-state index in [1.807, 2.05) is 0 Å². The largest absolute Gasteiger partial charge is 0.475 e. The molecule has 0 atom stereocenters. The van der Waals surface area contributed by atoms with Crippen LogP contribution < -0.4 is 0 Å². The fraction of sp³-hybridized carbons (Fsp3) is 0.0909. The van der Waals surface area contributed by atoms with E-state index in [1.54, 1.807) is 29.0 Å². The zero-order valence-electron chi connectivity index (χ0n) is 8.29. The average molecular weight is 219 g/mol. The molecular formula is C11H9NO4. The van der Waals surface area contributed by atoms with Crippen LogP contribution in [0, 0.1) is 0 Å². The smallest absolute Gasteiger partial charge is 0.372 e. The molecule has 0 fully saturated rings. The molecule has 16 heavy (non-hydrogen) atoms. The Morgan fingerprint density at radius 1 is 1.50 bits per heavy atom. The molecule has 0 bridgehead atoms. The summed E-state index contributed by atoms with van der Waals surface area (Å²) in [5.41, 5.74) is 1.03. The second-order valence-electron chi connectivity index (χ2n) is 3.26. The van der Waals surface area contributed by atoms with Crippen molar-refractivity contribution >= 4 is 12.3 Å². The van der Waals surface area contributed by atoms with Gasteiger partial charge in [0.05, 0.1) is 18.5 Å². The average Bonchev–Trinajstić information content (AvgIpc) is 2.86. The Morgan fingerprint density at radius 2 is 2.31 bits per heavy atom. The first kappa shape index (κ1) is 10.2. The Balaban J connectivity index is 2.30. The monoisotopic (exact) mass is 219 g/mol. The Kier molecular flexibility index (Phi) is 2.59. The highest BCUT2D eigenvalue weighted by Crippen LogP contribution is 2.13. The summed E-state index contributed by atoms with van der Waals surface area (Å²) in [4.78, 5) is 21.5. The van der Waals surface area contributed by atoms with Gasteiger partial charge in [-0.15, -0.1) is 0 Å². The van der Waals surface area contributed by atoms with E-state index in [4.69, 9.17) is 9.52 Å². The van der Waals surface area contributed by atoms with Crippen molar-refractivity contribution in [3.63, 3.8) is 0 Å². The third-order valence-corrected chi connectivity index (χ3v) is 2.27. The van der Waals surface area contributed by atoms with Crippen molar-refractivity contribution in [1.29, 1.82) is 0 Å². The van der Waals surface area contributed by atoms with Gasteiger partial charge in [0.15, 0.2) is 6.29 Å². The lowest BCUT2D eigenvalue weighted by atomic mass is 10.2. The van der Waals surface area contributed by atoms with Crippen LogP contribution in [-0.2, 0) is 6.54 Å². The number of furan rings is 1. The molecule has 0 aliphatic rings. The number of aromatic carboxylic acids is 1. The molecule has 0 spiro atoms. The summed E-state index contributed by atoms with van der Waals surface area (Å²) in [5.74, 6) is -1.20. The first-order valence-electron chi connectivity index (χ1n) is 4.62. The maximum absolute atomic E-state index is 10.8. The summed E-state index contributed by atoms with van der Waals surface area (Å²) in [5, 5.41) is 8.84. The highest BCUT2D eigenvalue weighted by atomic mass is 16.4. The second kappa shape index (κ2) is 4.06. The Labute approximate surface area is 90.9 Å². The van der Waals surface area contributed by atoms with Crippen LogP contribution in [0.5, 0.6) is 0 Å². The van der Waals surface area contributed by atoms with E-state index >= 15 is 0 Å². The molecule has 5 nitrogen and oxygen atoms in total. The Morgan fingerprint density at radius 3 is 3.00 bits per heavy atom. The third-order valence-electron chi connectivity index (χ3n) is 2.27. The van der Waals surface area contributed by atoms with Gasteiger partial charge in [-0.25, -0.2) is 4.79 Å². The van der Waals surface area contributed by atoms with E-state index in [0.29, 0.717) is 17.8 Å². The number of hydrogen-bond donors (Lipinski definition) is 1. The lowest BCUT2D eigenvalue weighted by molar-refractivity contribution is 0.0660. The molecule has 5 heteroatoms. The molecular weight excluding hydrogens is 210 g/mol. The van der Waals surface area contributed by atoms with Crippen molar-refractivity contribution in [3.8, 4) is 0 Å². The van der Waals surface area contributed by atoms with Crippen LogP contribution in [0.3, 0.4) is 0 Å². The maximum atomic E-state index is 10.8. The summed E-state index contributed by atoms with van der Waals surface area (Å²) in [6.45, 7) is 0.305. The van der Waals surface area contributed by atoms with E-state index in [0.717, 1.165) is 6.29 Å². The normalized spacial score (nSPS) is 10.2. The van der Waals surface area contributed by atoms with E-state index in [2.05, 4.69) is 0 Å². The van der Waals surface area contributed by atoms with Crippen molar-refractivity contribution in [1.82, 2.24) is 4.57 Å². The summed E-state index contributed by atoms with van der Waals surface area (Å²) < 4.78 is 6.50. The number of rotatable bonds is 4. The zero-order valence-corrected chi connectivity index (χ0v) is 8.29. The number of nitrogens with zero attached hydrogens (tertiary/aromatic N) is 1. The van der Waals surface area contributed by atoms with Gasteiger partial charge in [0.2, 0.25) is 5.76 Å². The van der Waals surface area contributed by atoms with Gasteiger partial charge in [0, 0.05) is 11.8 Å². The first-order chi connectivity index (χ1) is 7.72. The predicted octanol–water partition coefficient (Wildman–Crippen LogP) is 1.64. The summed E-state index contributed by atoms with van der Waals surface area (Å²) >= 11 is 0. The van der Waals surface area contributed by atoms with Crippen molar-refractivity contribution in [3.05, 3.63) is 47.7 Å². The predicted molar refractivity (Wildman–Crippen MR) is 54.6 cm³/mol. The van der Waals surface area contributed by atoms with Crippen LogP contribution in [0.25, 0.3) is 0 Å². The summed E-state index contributed by atoms with van der Waals surface area (Å²) in [6, 6.07) is 4.97. The lowest BCUT2D eigenvalue weighted by Crippen LogP contribution is -2.06. The first-order valence-corrected chi connectivity index (χ1v) is 4.62. The van der Waals surface area contributed by atoms with Crippen molar-refractivity contribution in [2.24, 2.45) is 0 Å². The number of hydrogen-bond acceptors (Lipinski definition) is 3. The van der Waals surface area contributed by atoms with E-state index < -0.39 is 5.97 Å². The molecule has 2 heterocycles. The summed E-state index contributed by atoms with van der Waals surface area (Å²) in [7, 11) is 0. The fourth-order valence-corrected chi connectivity index (χ4v) is 1.51. The van der Waals surface area contributed by atoms with Gasteiger partial charge >= 0.3 is 5.97 Å². The molecule has 0 unspecified atom stereocenters. The molecule has 1 N–H and O–H groups in total. The Hall–Kier alpha value is -2.30. The summed E-state index contributed by atoms with van der Waals surface area (Å²) in [6.07, 6.45) is 3.76. The molecule has 0 radical (unpaired) electrons. The lowest BCUT2D eigenvalue weighted by Gasteiger charge is -2.03. The number of carboxylic acid groups (broad SMARTS) is 1. The van der Waals surface area contributed by atoms with Crippen LogP contribution >= 0.6 is 0 Å². The SMILES string of the molecule is O=Cc1cccn1Cc1ccoc1C(=O)O. The standard InChI is InChI=1S/C11H9NO4/c13-7-9-2-1-4-12(9)6-8-3-5-16-10(8)11(14)15/h1-5,7H,6H2,(H,14,15). The van der Waals surface area contributed by atoms with Gasteiger partial charge in [-0.3, -0.25) is 4.79 Å². The Bertz CT molecular complexity index is 524. The molecule has 2 aromatic rings. The highest BCUT2D eigenvalue weighted by molar-refractivity contribution is 5.86. The van der Waals surface area contributed by atoms with Gasteiger partial charge < -0.3 is 14.1 Å². The van der Waals surface area contributed by atoms with E-state index in [9.17, 15) is 9.59 Å². The molecule has 0 amide bonds. The number of aromatic nitrogens is 1. The highest BCUT2D eigenvalue weighted by Gasteiger charge is 2.14. The minimum Gasteiger partial charge on any atom is -0.475 e. The molecule has 0 saturated heterocycles. The molecule has 0 aromatic carbocycles. The van der Waals surface area contributed by atoms with Crippen LogP contribution in [0.15, 0.2) is 35.1 Å². The van der Waals surface area contributed by atoms with E-state index in [1.165, 1.54) is 6.26 Å². The molecule has 0 aliphatic carbocycles. The fourth-order valence-electron chi connectivity index (χ4n) is 1.51. The molecule has 82 valence electrons. The van der Waals surface area contributed by atoms with Gasteiger partial charge in [-0.2, -0.15) is 0 Å². The minimum atomic E-state index is -1.11. The second-order valence-corrected chi connectivity index (χ2v) is 3.26. The molecule has 0 saturated carbocycles. The van der Waals surface area contributed by atoms with Crippen molar-refractivity contribution in [2.45, 2.75) is 6.54 Å². The van der Waals surface area contributed by atoms with Gasteiger partial charge in [0.1, 0.15) is 0 Å². The number of aldehydes is 1. The molecule has 2 rings (SSSR count). The van der Waals surface area contributed by atoms with Crippen LogP contribution in [0.1, 0.15) is 26.6 Å². The van der Waals surface area contributed by atoms with E-state index in [-0.39, 0.29) is 5.76 Å². The topological polar surface area (TPSA) is 72.4 Å². The quantitative estimate of drug-likeness (QED) is 0.793. The zero-order chi connectivity index (χ0) is 11.5. The van der Waals surface area contributed by atoms with Crippen molar-refractivity contribution < 1.29 is 19.1 Å². The molecule has 2 aromatic heterocycles. The van der Waals surface area contributed by atoms with Gasteiger partial charge in [-0.05, 0) is 18.2 Å². The third kappa shape index (κ3) is 1.75. The molecule has 0 aliphatic heterocycles. The van der Waals surface area contributed by atoms with Crippen LogP contribution in [0.4, 0.5) is 0 Å². The number of carboxylic acids is 1. The number of carbonyl (C=O) groups is 2. The van der Waals surface area contributed by atoms with Crippen LogP contribution in [-0.4, -0.2) is 21.9 Å². The van der Waals surface area contributed by atoms with Gasteiger partial charge in [0.25, 0.3) is 0 Å². The van der Waals surface area contributed by atoms with Gasteiger partial charge in [-0.1, -0.05) is 0 Å². The number of carbonyl (C=O) groups excluding carboxylic acids is 1.